The number of rotatable bonds is 9. The first-order valence-electron chi connectivity index (χ1n) is 13.0. The lowest BCUT2D eigenvalue weighted by Crippen LogP contribution is -2.51. The van der Waals surface area contributed by atoms with E-state index in [1.54, 1.807) is 24.3 Å². The molecule has 2 aromatic rings. The largest absolute Gasteiger partial charge is 0.542 e. The van der Waals surface area contributed by atoms with Crippen LogP contribution < -0.4 is 5.11 Å². The van der Waals surface area contributed by atoms with Crippen LogP contribution in [0.2, 0.25) is 0 Å². The molecular formula is C30H36F3NO5. The lowest BCUT2D eigenvalue weighted by Gasteiger charge is -2.35. The van der Waals surface area contributed by atoms with Crippen molar-refractivity contribution in [2.75, 3.05) is 26.7 Å². The zero-order valence-electron chi connectivity index (χ0n) is 22.4. The average Bonchev–Trinajstić information content (AvgIpc) is 3.29. The molecule has 0 radical (unpaired) electrons. The Balaban J connectivity index is 0.000000673. The number of nitrogens with zero attached hydrogens (tertiary/aromatic N) is 1. The molecule has 1 heterocycles. The number of likely N-dealkylation sites (N-methyl/N-ethyl adjacent to an activating group) is 1. The molecule has 2 aromatic carbocycles. The zero-order valence-corrected chi connectivity index (χ0v) is 22.4. The van der Waals surface area contributed by atoms with Gasteiger partial charge in [0.05, 0.1) is 13.6 Å². The van der Waals surface area contributed by atoms with E-state index in [9.17, 15) is 23.1 Å². The van der Waals surface area contributed by atoms with Crippen LogP contribution >= 0.6 is 0 Å². The van der Waals surface area contributed by atoms with E-state index in [1.807, 2.05) is 36.4 Å². The maximum Gasteiger partial charge on any atom is 0.430 e. The number of halogens is 3. The van der Waals surface area contributed by atoms with Gasteiger partial charge in [-0.05, 0) is 23.5 Å². The lowest BCUT2D eigenvalue weighted by molar-refractivity contribution is -0.914. The molecule has 0 bridgehead atoms. The molecule has 1 saturated heterocycles. The fraction of sp³-hybridized carbons (Fsp3) is 0.467. The number of hydrogen-bond donors (Lipinski definition) is 1. The Labute approximate surface area is 228 Å². The molecule has 2 atom stereocenters. The summed E-state index contributed by atoms with van der Waals surface area (Å²) < 4.78 is 38.1. The quantitative estimate of drug-likeness (QED) is 0.222. The SMILES string of the molecule is CCCCCC#CC[N+]1(C)CCC[C@H]1COC(=O)C(O)(c1ccccc1)c1ccccc1.O=C([O-])C(F)(F)F. The number of likely N-dealkylation sites (tertiary alicyclic amines) is 1. The van der Waals surface area contributed by atoms with Gasteiger partial charge in [0.1, 0.15) is 25.2 Å². The standard InChI is InChI=1S/C28H36NO3.C2HF3O2/c1-3-4-5-6-7-14-21-29(2)22-15-20-26(29)23-32-27(30)28(31,24-16-10-8-11-17-24)25-18-12-9-13-19-25;3-2(4,5)1(6)7/h8-13,16-19,26,31H,3-6,15,20-23H2,1-2H3;(H,6,7)/q+1;/p-1/t26-,29?;/m0./s1. The normalized spacial score (nSPS) is 18.8. The van der Waals surface area contributed by atoms with Crippen LogP contribution in [-0.4, -0.2) is 60.5 Å². The second kappa shape index (κ2) is 14.7. The maximum absolute atomic E-state index is 13.3. The van der Waals surface area contributed by atoms with Crippen molar-refractivity contribution < 1.29 is 42.2 Å². The molecule has 0 saturated carbocycles. The topological polar surface area (TPSA) is 86.7 Å². The monoisotopic (exact) mass is 547 g/mol. The summed E-state index contributed by atoms with van der Waals surface area (Å²) in [7, 11) is 2.20. The summed E-state index contributed by atoms with van der Waals surface area (Å²) in [6.45, 7) is 4.30. The Morgan fingerprint density at radius 3 is 2.05 bits per heavy atom. The van der Waals surface area contributed by atoms with Crippen molar-refractivity contribution in [1.82, 2.24) is 0 Å². The van der Waals surface area contributed by atoms with Gasteiger partial charge in [-0.25, -0.2) is 4.79 Å². The summed E-state index contributed by atoms with van der Waals surface area (Å²) in [5.74, 6) is 3.04. The molecule has 39 heavy (non-hydrogen) atoms. The van der Waals surface area contributed by atoms with Crippen LogP contribution in [0.25, 0.3) is 0 Å². The number of aliphatic hydroxyl groups is 1. The van der Waals surface area contributed by atoms with Gasteiger partial charge in [-0.1, -0.05) is 86.3 Å². The number of ether oxygens (including phenoxy) is 1. The van der Waals surface area contributed by atoms with E-state index in [4.69, 9.17) is 14.6 Å². The highest BCUT2D eigenvalue weighted by Crippen LogP contribution is 2.32. The molecule has 0 aromatic heterocycles. The number of carboxylic acids is 1. The second-order valence-corrected chi connectivity index (χ2v) is 9.79. The first kappa shape index (κ1) is 31.9. The first-order valence-corrected chi connectivity index (χ1v) is 13.0. The number of unbranched alkanes of at least 4 members (excludes halogenated alkanes) is 3. The molecule has 9 heteroatoms. The minimum atomic E-state index is -5.19. The summed E-state index contributed by atoms with van der Waals surface area (Å²) in [5.41, 5.74) is -0.806. The minimum absolute atomic E-state index is 0.194. The van der Waals surface area contributed by atoms with Crippen molar-refractivity contribution in [2.24, 2.45) is 0 Å². The summed E-state index contributed by atoms with van der Waals surface area (Å²) in [6, 6.07) is 18.3. The molecule has 212 valence electrons. The molecule has 0 aliphatic carbocycles. The summed E-state index contributed by atoms with van der Waals surface area (Å²) in [5, 5.41) is 20.4. The van der Waals surface area contributed by atoms with Crippen molar-refractivity contribution in [3.8, 4) is 11.8 Å². The van der Waals surface area contributed by atoms with Gasteiger partial charge >= 0.3 is 12.1 Å². The second-order valence-electron chi connectivity index (χ2n) is 9.79. The zero-order chi connectivity index (χ0) is 28.9. The fourth-order valence-corrected chi connectivity index (χ4v) is 4.48. The van der Waals surface area contributed by atoms with E-state index in [1.165, 1.54) is 12.8 Å². The Morgan fingerprint density at radius 2 is 1.56 bits per heavy atom. The van der Waals surface area contributed by atoms with Crippen molar-refractivity contribution in [1.29, 1.82) is 0 Å². The van der Waals surface area contributed by atoms with Gasteiger partial charge in [-0.3, -0.25) is 0 Å². The van der Waals surface area contributed by atoms with Crippen LogP contribution in [0, 0.1) is 11.8 Å². The molecule has 6 nitrogen and oxygen atoms in total. The van der Waals surface area contributed by atoms with Gasteiger partial charge in [0.15, 0.2) is 0 Å². The van der Waals surface area contributed by atoms with Crippen LogP contribution in [-0.2, 0) is 19.9 Å². The number of aliphatic carboxylic acids is 1. The number of benzene rings is 2. The third-order valence-corrected chi connectivity index (χ3v) is 6.88. The van der Waals surface area contributed by atoms with Gasteiger partial charge in [0.2, 0.25) is 5.60 Å². The minimum Gasteiger partial charge on any atom is -0.542 e. The average molecular weight is 548 g/mol. The van der Waals surface area contributed by atoms with E-state index >= 15 is 0 Å². The molecule has 0 spiro atoms. The Kier molecular flexibility index (Phi) is 12.0. The van der Waals surface area contributed by atoms with E-state index in [2.05, 4.69) is 25.8 Å². The van der Waals surface area contributed by atoms with Crippen molar-refractivity contribution in [2.45, 2.75) is 63.3 Å². The van der Waals surface area contributed by atoms with Gasteiger partial charge < -0.3 is 24.2 Å². The van der Waals surface area contributed by atoms with E-state index in [0.717, 1.165) is 43.3 Å². The van der Waals surface area contributed by atoms with Crippen molar-refractivity contribution in [3.05, 3.63) is 71.8 Å². The molecule has 1 aliphatic rings. The number of alkyl halides is 3. The number of carbonyl (C=O) groups is 2. The molecule has 3 rings (SSSR count). The highest BCUT2D eigenvalue weighted by Gasteiger charge is 2.44. The third kappa shape index (κ3) is 9.12. The molecule has 0 amide bonds. The highest BCUT2D eigenvalue weighted by molar-refractivity contribution is 5.85. The smallest absolute Gasteiger partial charge is 0.430 e. The van der Waals surface area contributed by atoms with Crippen LogP contribution in [0.5, 0.6) is 0 Å². The van der Waals surface area contributed by atoms with E-state index in [0.29, 0.717) is 11.1 Å². The third-order valence-electron chi connectivity index (χ3n) is 6.88. The lowest BCUT2D eigenvalue weighted by atomic mass is 9.86. The van der Waals surface area contributed by atoms with Gasteiger partial charge in [0.25, 0.3) is 0 Å². The maximum atomic E-state index is 13.3. The number of quaternary nitrogens is 1. The Bertz CT molecular complexity index is 1070. The van der Waals surface area contributed by atoms with Gasteiger partial charge in [0, 0.05) is 19.3 Å². The van der Waals surface area contributed by atoms with Crippen molar-refractivity contribution >= 4 is 11.9 Å². The number of carboxylic acid groups (broad SMARTS) is 1. The molecule has 1 N–H and O–H groups in total. The summed E-state index contributed by atoms with van der Waals surface area (Å²) in [6.07, 6.45) is 1.45. The van der Waals surface area contributed by atoms with E-state index in [-0.39, 0.29) is 12.6 Å². The molecular weight excluding hydrogens is 511 g/mol. The van der Waals surface area contributed by atoms with Crippen molar-refractivity contribution in [3.63, 3.8) is 0 Å². The van der Waals surface area contributed by atoms with Crippen LogP contribution in [0.4, 0.5) is 13.2 Å². The van der Waals surface area contributed by atoms with Crippen LogP contribution in [0.15, 0.2) is 60.7 Å². The van der Waals surface area contributed by atoms with Crippen LogP contribution in [0.1, 0.15) is 56.6 Å². The highest BCUT2D eigenvalue weighted by atomic mass is 19.4. The Hall–Kier alpha value is -3.35. The fourth-order valence-electron chi connectivity index (χ4n) is 4.48. The molecule has 1 fully saturated rings. The van der Waals surface area contributed by atoms with Gasteiger partial charge in [-0.15, -0.1) is 0 Å². The number of esters is 1. The first-order chi connectivity index (χ1) is 18.4. The summed E-state index contributed by atoms with van der Waals surface area (Å²) >= 11 is 0. The number of carbonyl (C=O) groups excluding carboxylic acids is 2. The Morgan fingerprint density at radius 1 is 1.03 bits per heavy atom. The molecule has 1 unspecified atom stereocenters. The number of hydrogen-bond acceptors (Lipinski definition) is 5. The predicted molar refractivity (Wildman–Crippen MR) is 139 cm³/mol. The predicted octanol–water partition coefficient (Wildman–Crippen LogP) is 3.96. The van der Waals surface area contributed by atoms with Crippen LogP contribution in [0.3, 0.4) is 0 Å². The molecule has 1 aliphatic heterocycles. The van der Waals surface area contributed by atoms with E-state index < -0.39 is 23.7 Å². The van der Waals surface area contributed by atoms with Gasteiger partial charge in [-0.2, -0.15) is 13.2 Å². The summed E-state index contributed by atoms with van der Waals surface area (Å²) in [4.78, 5) is 22.1.